The number of ether oxygens (including phenoxy) is 1. The number of benzene rings is 1. The van der Waals surface area contributed by atoms with Crippen molar-refractivity contribution >= 4 is 23.6 Å². The number of rotatable bonds is 3. The summed E-state index contributed by atoms with van der Waals surface area (Å²) in [4.78, 5) is 23.7. The van der Waals surface area contributed by atoms with E-state index < -0.39 is 11.5 Å². The molecule has 2 aliphatic rings. The lowest BCUT2D eigenvalue weighted by molar-refractivity contribution is -0.143. The Kier molecular flexibility index (Phi) is 3.43. The van der Waals surface area contributed by atoms with Crippen LogP contribution in [0.15, 0.2) is 18.2 Å². The van der Waals surface area contributed by atoms with Gasteiger partial charge >= 0.3 is 5.97 Å². The van der Waals surface area contributed by atoms with Gasteiger partial charge in [0.2, 0.25) is 0 Å². The van der Waals surface area contributed by atoms with Crippen molar-refractivity contribution in [1.82, 2.24) is 5.32 Å². The summed E-state index contributed by atoms with van der Waals surface area (Å²) in [5.74, 6) is -0.114. The molecular weight excluding hydrogens is 278 g/mol. The van der Waals surface area contributed by atoms with Gasteiger partial charge in [-0.1, -0.05) is 6.07 Å². The molecule has 106 valence electrons. The highest BCUT2D eigenvalue weighted by Gasteiger charge is 2.43. The van der Waals surface area contributed by atoms with E-state index in [0.29, 0.717) is 31.0 Å². The SMILES string of the molecule is O=C(NC1(C(=O)O)CCSC1)c1ccc2c(c1)COC2. The molecule has 0 bridgehead atoms. The average molecular weight is 293 g/mol. The zero-order chi connectivity index (χ0) is 14.2. The van der Waals surface area contributed by atoms with Crippen LogP contribution in [0.5, 0.6) is 0 Å². The molecule has 1 aromatic rings. The Balaban J connectivity index is 1.80. The molecule has 20 heavy (non-hydrogen) atoms. The first-order valence-corrected chi connectivity index (χ1v) is 7.59. The topological polar surface area (TPSA) is 75.6 Å². The normalized spacial score (nSPS) is 24.4. The highest BCUT2D eigenvalue weighted by Crippen LogP contribution is 2.29. The number of aliphatic carboxylic acids is 1. The minimum Gasteiger partial charge on any atom is -0.479 e. The van der Waals surface area contributed by atoms with Crippen LogP contribution >= 0.6 is 11.8 Å². The van der Waals surface area contributed by atoms with E-state index in [0.717, 1.165) is 16.9 Å². The zero-order valence-corrected chi connectivity index (χ0v) is 11.7. The fraction of sp³-hybridized carbons (Fsp3) is 0.429. The van der Waals surface area contributed by atoms with E-state index in [9.17, 15) is 14.7 Å². The third-order valence-electron chi connectivity index (χ3n) is 3.77. The van der Waals surface area contributed by atoms with Crippen LogP contribution in [0.2, 0.25) is 0 Å². The Morgan fingerprint density at radius 3 is 2.80 bits per heavy atom. The van der Waals surface area contributed by atoms with Gasteiger partial charge in [-0.15, -0.1) is 0 Å². The Bertz CT molecular complexity index is 566. The van der Waals surface area contributed by atoms with Crippen LogP contribution in [0, 0.1) is 0 Å². The van der Waals surface area contributed by atoms with Gasteiger partial charge in [0.25, 0.3) is 5.91 Å². The molecule has 1 fully saturated rings. The van der Waals surface area contributed by atoms with E-state index in [1.807, 2.05) is 6.07 Å². The van der Waals surface area contributed by atoms with Crippen molar-refractivity contribution in [3.63, 3.8) is 0 Å². The Morgan fingerprint density at radius 1 is 1.30 bits per heavy atom. The van der Waals surface area contributed by atoms with Crippen molar-refractivity contribution in [2.75, 3.05) is 11.5 Å². The summed E-state index contributed by atoms with van der Waals surface area (Å²) >= 11 is 1.55. The molecule has 5 nitrogen and oxygen atoms in total. The molecule has 2 N–H and O–H groups in total. The van der Waals surface area contributed by atoms with E-state index in [2.05, 4.69) is 5.32 Å². The van der Waals surface area contributed by atoms with Crippen molar-refractivity contribution in [3.05, 3.63) is 34.9 Å². The standard InChI is InChI=1S/C14H15NO4S/c16-12(15-14(13(17)18)3-4-20-8-14)9-1-2-10-6-19-7-11(10)5-9/h1-2,5H,3-4,6-8H2,(H,15,16)(H,17,18). The monoisotopic (exact) mass is 293 g/mol. The smallest absolute Gasteiger partial charge is 0.330 e. The number of carbonyl (C=O) groups is 2. The van der Waals surface area contributed by atoms with Gasteiger partial charge < -0.3 is 15.2 Å². The quantitative estimate of drug-likeness (QED) is 0.881. The number of hydrogen-bond donors (Lipinski definition) is 2. The molecule has 1 atom stereocenters. The van der Waals surface area contributed by atoms with Crippen LogP contribution in [0.4, 0.5) is 0 Å². The van der Waals surface area contributed by atoms with Crippen LogP contribution in [0.1, 0.15) is 27.9 Å². The predicted molar refractivity (Wildman–Crippen MR) is 74.7 cm³/mol. The van der Waals surface area contributed by atoms with Gasteiger partial charge in [-0.05, 0) is 35.4 Å². The summed E-state index contributed by atoms with van der Waals surface area (Å²) in [5.41, 5.74) is 1.46. The molecule has 1 saturated heterocycles. The number of amides is 1. The first-order valence-electron chi connectivity index (χ1n) is 6.44. The molecule has 0 radical (unpaired) electrons. The highest BCUT2D eigenvalue weighted by molar-refractivity contribution is 7.99. The summed E-state index contributed by atoms with van der Waals surface area (Å²) in [6.07, 6.45) is 0.465. The fourth-order valence-corrected chi connectivity index (χ4v) is 3.81. The van der Waals surface area contributed by atoms with E-state index in [1.165, 1.54) is 0 Å². The number of fused-ring (bicyclic) bond motifs is 1. The first-order chi connectivity index (χ1) is 9.61. The molecule has 0 aromatic heterocycles. The molecule has 3 rings (SSSR count). The minimum atomic E-state index is -1.13. The molecular formula is C14H15NO4S. The number of hydrogen-bond acceptors (Lipinski definition) is 4. The van der Waals surface area contributed by atoms with E-state index in [1.54, 1.807) is 23.9 Å². The minimum absolute atomic E-state index is 0.329. The van der Waals surface area contributed by atoms with Gasteiger partial charge in [0.1, 0.15) is 5.54 Å². The first kappa shape index (κ1) is 13.5. The van der Waals surface area contributed by atoms with Gasteiger partial charge in [-0.2, -0.15) is 11.8 Å². The van der Waals surface area contributed by atoms with E-state index >= 15 is 0 Å². The third-order valence-corrected chi connectivity index (χ3v) is 4.96. The van der Waals surface area contributed by atoms with E-state index in [-0.39, 0.29) is 5.91 Å². The lowest BCUT2D eigenvalue weighted by Gasteiger charge is -2.24. The summed E-state index contributed by atoms with van der Waals surface area (Å²) in [5, 5.41) is 12.1. The van der Waals surface area contributed by atoms with E-state index in [4.69, 9.17) is 4.74 Å². The van der Waals surface area contributed by atoms with Crippen LogP contribution < -0.4 is 5.32 Å². The molecule has 6 heteroatoms. The van der Waals surface area contributed by atoms with Crippen LogP contribution in [-0.2, 0) is 22.7 Å². The van der Waals surface area contributed by atoms with Gasteiger partial charge in [0, 0.05) is 11.3 Å². The number of carbonyl (C=O) groups excluding carboxylic acids is 1. The van der Waals surface area contributed by atoms with Gasteiger partial charge in [0.05, 0.1) is 13.2 Å². The van der Waals surface area contributed by atoms with Crippen molar-refractivity contribution < 1.29 is 19.4 Å². The van der Waals surface area contributed by atoms with Crippen molar-refractivity contribution in [2.45, 2.75) is 25.2 Å². The molecule has 0 saturated carbocycles. The zero-order valence-electron chi connectivity index (χ0n) is 10.8. The summed E-state index contributed by atoms with van der Waals surface area (Å²) in [6, 6.07) is 5.38. The van der Waals surface area contributed by atoms with Crippen molar-refractivity contribution in [1.29, 1.82) is 0 Å². The maximum absolute atomic E-state index is 12.3. The van der Waals surface area contributed by atoms with Crippen molar-refractivity contribution in [3.8, 4) is 0 Å². The molecule has 0 aliphatic carbocycles. The second-order valence-electron chi connectivity index (χ2n) is 5.12. The van der Waals surface area contributed by atoms with Crippen molar-refractivity contribution in [2.24, 2.45) is 0 Å². The summed E-state index contributed by atoms with van der Waals surface area (Å²) in [6.45, 7) is 1.09. The molecule has 1 aromatic carbocycles. The summed E-state index contributed by atoms with van der Waals surface area (Å²) < 4.78 is 5.31. The molecule has 1 unspecified atom stereocenters. The fourth-order valence-electron chi connectivity index (χ4n) is 2.49. The number of thioether (sulfide) groups is 1. The predicted octanol–water partition coefficient (Wildman–Crippen LogP) is 1.41. The number of nitrogens with one attached hydrogen (secondary N) is 1. The van der Waals surface area contributed by atoms with Crippen LogP contribution in [0.25, 0.3) is 0 Å². The third kappa shape index (κ3) is 2.29. The van der Waals surface area contributed by atoms with Gasteiger partial charge in [-0.25, -0.2) is 4.79 Å². The van der Waals surface area contributed by atoms with Gasteiger partial charge in [0.15, 0.2) is 0 Å². The van der Waals surface area contributed by atoms with Crippen LogP contribution in [-0.4, -0.2) is 34.0 Å². The Hall–Kier alpha value is -1.53. The second kappa shape index (κ2) is 5.10. The molecule has 0 spiro atoms. The maximum atomic E-state index is 12.3. The number of carboxylic acid groups (broad SMARTS) is 1. The second-order valence-corrected chi connectivity index (χ2v) is 6.23. The Labute approximate surface area is 120 Å². The number of carboxylic acids is 1. The lowest BCUT2D eigenvalue weighted by atomic mass is 9.98. The molecule has 2 heterocycles. The lowest BCUT2D eigenvalue weighted by Crippen LogP contribution is -2.54. The Morgan fingerprint density at radius 2 is 2.10 bits per heavy atom. The maximum Gasteiger partial charge on any atom is 0.330 e. The average Bonchev–Trinajstić information content (AvgIpc) is 3.06. The molecule has 2 aliphatic heterocycles. The summed E-state index contributed by atoms with van der Waals surface area (Å²) in [7, 11) is 0. The largest absolute Gasteiger partial charge is 0.479 e. The van der Waals surface area contributed by atoms with Crippen LogP contribution in [0.3, 0.4) is 0 Å². The van der Waals surface area contributed by atoms with Gasteiger partial charge in [-0.3, -0.25) is 4.79 Å². The highest BCUT2D eigenvalue weighted by atomic mass is 32.2. The molecule has 1 amide bonds.